The van der Waals surface area contributed by atoms with Gasteiger partial charge in [-0.05, 0) is 26.7 Å². The molecular formula is C12H24N4O2. The Morgan fingerprint density at radius 1 is 1.28 bits per heavy atom. The minimum Gasteiger partial charge on any atom is -0.368 e. The van der Waals surface area contributed by atoms with Gasteiger partial charge in [0.25, 0.3) is 0 Å². The number of nitrogens with two attached hydrogens (primary N) is 1. The lowest BCUT2D eigenvalue weighted by molar-refractivity contribution is -0.123. The maximum absolute atomic E-state index is 11.8. The summed E-state index contributed by atoms with van der Waals surface area (Å²) in [6.45, 7) is 4.99. The highest BCUT2D eigenvalue weighted by Gasteiger charge is 2.31. The molecular weight excluding hydrogens is 232 g/mol. The van der Waals surface area contributed by atoms with Crippen LogP contribution in [0.5, 0.6) is 0 Å². The number of carbonyl (C=O) groups is 2. The van der Waals surface area contributed by atoms with Gasteiger partial charge in [0.2, 0.25) is 5.91 Å². The van der Waals surface area contributed by atoms with E-state index in [1.165, 1.54) is 0 Å². The van der Waals surface area contributed by atoms with Gasteiger partial charge in [0.15, 0.2) is 0 Å². The molecule has 0 aromatic heterocycles. The van der Waals surface area contributed by atoms with Crippen molar-refractivity contribution in [3.8, 4) is 0 Å². The molecule has 0 atom stereocenters. The molecule has 0 saturated carbocycles. The molecule has 0 radical (unpaired) electrons. The van der Waals surface area contributed by atoms with E-state index in [9.17, 15) is 9.59 Å². The van der Waals surface area contributed by atoms with Gasteiger partial charge in [-0.15, -0.1) is 0 Å². The second-order valence-electron chi connectivity index (χ2n) is 5.57. The number of amides is 3. The molecule has 18 heavy (non-hydrogen) atoms. The third-order valence-corrected chi connectivity index (χ3v) is 3.33. The summed E-state index contributed by atoms with van der Waals surface area (Å²) < 4.78 is 0. The van der Waals surface area contributed by atoms with Crippen molar-refractivity contribution in [2.24, 2.45) is 5.73 Å². The maximum Gasteiger partial charge on any atom is 0.319 e. The van der Waals surface area contributed by atoms with Crippen molar-refractivity contribution >= 4 is 11.9 Å². The largest absolute Gasteiger partial charge is 0.368 e. The van der Waals surface area contributed by atoms with Crippen molar-refractivity contribution in [3.05, 3.63) is 0 Å². The van der Waals surface area contributed by atoms with Crippen molar-refractivity contribution < 1.29 is 9.59 Å². The Bertz CT molecular complexity index is 320. The smallest absolute Gasteiger partial charge is 0.319 e. The number of piperidine rings is 1. The summed E-state index contributed by atoms with van der Waals surface area (Å²) >= 11 is 0. The summed E-state index contributed by atoms with van der Waals surface area (Å²) in [6, 6.07) is 0.279. The second kappa shape index (κ2) is 5.56. The standard InChI is InChI=1S/C12H24N4O2/c1-12(2,10(13)17)14-9-5-7-16(8-6-9)11(18)15(3)4/h9,14H,5-8H2,1-4H3,(H2,13,17). The van der Waals surface area contributed by atoms with Gasteiger partial charge in [0.1, 0.15) is 0 Å². The van der Waals surface area contributed by atoms with Crippen molar-refractivity contribution in [2.75, 3.05) is 27.2 Å². The van der Waals surface area contributed by atoms with Crippen LogP contribution in [0, 0.1) is 0 Å². The van der Waals surface area contributed by atoms with E-state index >= 15 is 0 Å². The molecule has 104 valence electrons. The fourth-order valence-corrected chi connectivity index (χ4v) is 2.08. The number of primary amides is 1. The topological polar surface area (TPSA) is 78.7 Å². The molecule has 0 unspecified atom stereocenters. The molecule has 1 heterocycles. The van der Waals surface area contributed by atoms with Gasteiger partial charge in [-0.25, -0.2) is 4.79 Å². The third-order valence-electron chi connectivity index (χ3n) is 3.33. The third kappa shape index (κ3) is 3.60. The first-order valence-corrected chi connectivity index (χ1v) is 6.28. The van der Waals surface area contributed by atoms with E-state index in [2.05, 4.69) is 5.32 Å². The second-order valence-corrected chi connectivity index (χ2v) is 5.57. The van der Waals surface area contributed by atoms with Crippen LogP contribution in [-0.2, 0) is 4.79 Å². The lowest BCUT2D eigenvalue weighted by atomic mass is 9.98. The van der Waals surface area contributed by atoms with Gasteiger partial charge in [0, 0.05) is 33.2 Å². The van der Waals surface area contributed by atoms with E-state index in [4.69, 9.17) is 5.73 Å². The van der Waals surface area contributed by atoms with Crippen LogP contribution in [0.1, 0.15) is 26.7 Å². The van der Waals surface area contributed by atoms with Gasteiger partial charge in [-0.3, -0.25) is 4.79 Å². The van der Waals surface area contributed by atoms with Gasteiger partial charge in [0.05, 0.1) is 5.54 Å². The van der Waals surface area contributed by atoms with Crippen LogP contribution in [0.3, 0.4) is 0 Å². The molecule has 0 bridgehead atoms. The summed E-state index contributed by atoms with van der Waals surface area (Å²) in [4.78, 5) is 26.4. The van der Waals surface area contributed by atoms with Gasteiger partial charge in [-0.2, -0.15) is 0 Å². The Morgan fingerprint density at radius 2 is 1.78 bits per heavy atom. The maximum atomic E-state index is 11.8. The Hall–Kier alpha value is -1.30. The molecule has 1 saturated heterocycles. The minimum absolute atomic E-state index is 0.0441. The molecule has 6 heteroatoms. The van der Waals surface area contributed by atoms with Crippen molar-refractivity contribution in [1.29, 1.82) is 0 Å². The van der Waals surface area contributed by atoms with Crippen LogP contribution in [-0.4, -0.2) is 60.5 Å². The van der Waals surface area contributed by atoms with Crippen LogP contribution < -0.4 is 11.1 Å². The average molecular weight is 256 g/mol. The predicted octanol–water partition coefficient (Wildman–Crippen LogP) is -0.0141. The fourth-order valence-electron chi connectivity index (χ4n) is 2.08. The Morgan fingerprint density at radius 3 is 2.17 bits per heavy atom. The van der Waals surface area contributed by atoms with E-state index in [0.717, 1.165) is 12.8 Å². The number of hydrogen-bond donors (Lipinski definition) is 2. The Kier molecular flexibility index (Phi) is 4.56. The van der Waals surface area contributed by atoms with Gasteiger partial charge >= 0.3 is 6.03 Å². The molecule has 0 spiro atoms. The summed E-state index contributed by atoms with van der Waals surface area (Å²) in [5, 5.41) is 3.26. The highest BCUT2D eigenvalue weighted by molar-refractivity contribution is 5.83. The lowest BCUT2D eigenvalue weighted by Crippen LogP contribution is -2.57. The van der Waals surface area contributed by atoms with Crippen molar-refractivity contribution in [3.63, 3.8) is 0 Å². The minimum atomic E-state index is -0.696. The summed E-state index contributed by atoms with van der Waals surface area (Å²) in [5.74, 6) is -0.353. The fraction of sp³-hybridized carbons (Fsp3) is 0.833. The Labute approximate surface area is 108 Å². The number of likely N-dealkylation sites (tertiary alicyclic amines) is 1. The number of rotatable bonds is 3. The first-order valence-electron chi connectivity index (χ1n) is 6.28. The number of nitrogens with zero attached hydrogens (tertiary/aromatic N) is 2. The van der Waals surface area contributed by atoms with E-state index in [1.54, 1.807) is 32.8 Å². The highest BCUT2D eigenvalue weighted by atomic mass is 16.2. The molecule has 1 aliphatic rings. The monoisotopic (exact) mass is 256 g/mol. The van der Waals surface area contributed by atoms with E-state index < -0.39 is 5.54 Å². The van der Waals surface area contributed by atoms with E-state index in [0.29, 0.717) is 13.1 Å². The first-order chi connectivity index (χ1) is 8.24. The average Bonchev–Trinajstić information content (AvgIpc) is 2.28. The van der Waals surface area contributed by atoms with Crippen molar-refractivity contribution in [2.45, 2.75) is 38.3 Å². The molecule has 6 nitrogen and oxygen atoms in total. The van der Waals surface area contributed by atoms with E-state index in [1.807, 2.05) is 4.90 Å². The lowest BCUT2D eigenvalue weighted by Gasteiger charge is -2.37. The summed E-state index contributed by atoms with van der Waals surface area (Å²) in [5.41, 5.74) is 4.63. The SMILES string of the molecule is CN(C)C(=O)N1CCC(NC(C)(C)C(N)=O)CC1. The number of hydrogen-bond acceptors (Lipinski definition) is 3. The number of urea groups is 1. The van der Waals surface area contributed by atoms with Gasteiger partial charge in [-0.1, -0.05) is 0 Å². The first kappa shape index (κ1) is 14.8. The van der Waals surface area contributed by atoms with Crippen molar-refractivity contribution in [1.82, 2.24) is 15.1 Å². The van der Waals surface area contributed by atoms with Crippen LogP contribution in [0.2, 0.25) is 0 Å². The van der Waals surface area contributed by atoms with Crippen LogP contribution >= 0.6 is 0 Å². The number of carbonyl (C=O) groups excluding carboxylic acids is 2. The summed E-state index contributed by atoms with van der Waals surface area (Å²) in [7, 11) is 3.51. The zero-order valence-electron chi connectivity index (χ0n) is 11.7. The van der Waals surface area contributed by atoms with Gasteiger partial charge < -0.3 is 20.9 Å². The predicted molar refractivity (Wildman–Crippen MR) is 70.1 cm³/mol. The van der Waals surface area contributed by atoms with E-state index in [-0.39, 0.29) is 18.0 Å². The molecule has 3 N–H and O–H groups in total. The normalized spacial score (nSPS) is 17.7. The quantitative estimate of drug-likeness (QED) is 0.745. The molecule has 0 aromatic carbocycles. The van der Waals surface area contributed by atoms with Crippen LogP contribution in [0.25, 0.3) is 0 Å². The summed E-state index contributed by atoms with van der Waals surface area (Å²) in [6.07, 6.45) is 1.69. The zero-order valence-corrected chi connectivity index (χ0v) is 11.7. The molecule has 1 aliphatic heterocycles. The van der Waals surface area contributed by atoms with Crippen LogP contribution in [0.4, 0.5) is 4.79 Å². The molecule has 1 rings (SSSR count). The molecule has 0 aliphatic carbocycles. The Balaban J connectivity index is 2.45. The highest BCUT2D eigenvalue weighted by Crippen LogP contribution is 2.15. The van der Waals surface area contributed by atoms with Crippen LogP contribution in [0.15, 0.2) is 0 Å². The molecule has 1 fully saturated rings. The molecule has 3 amide bonds. The number of nitrogens with one attached hydrogen (secondary N) is 1. The molecule has 0 aromatic rings. The zero-order chi connectivity index (χ0) is 13.9.